The van der Waals surface area contributed by atoms with Crippen molar-refractivity contribution in [2.24, 2.45) is 11.8 Å². The number of rotatable bonds is 7. The summed E-state index contributed by atoms with van der Waals surface area (Å²) in [5, 5.41) is 7.19. The summed E-state index contributed by atoms with van der Waals surface area (Å²) in [4.78, 5) is 26.6. The molecule has 1 aliphatic heterocycles. The number of nitrogens with zero attached hydrogens (tertiary/aromatic N) is 3. The SMILES string of the molecule is CC(C)Cn1nccc1NC(=O)C1CC(=O)N(CCc2ccccc2)C1. The first-order chi connectivity index (χ1) is 12.5. The van der Waals surface area contributed by atoms with E-state index >= 15 is 0 Å². The van der Waals surface area contributed by atoms with Crippen molar-refractivity contribution in [3.8, 4) is 0 Å². The van der Waals surface area contributed by atoms with Crippen LogP contribution in [0.5, 0.6) is 0 Å². The molecule has 138 valence electrons. The Kier molecular flexibility index (Phi) is 5.71. The van der Waals surface area contributed by atoms with E-state index in [1.807, 2.05) is 18.2 Å². The van der Waals surface area contributed by atoms with Gasteiger partial charge in [0.1, 0.15) is 5.82 Å². The van der Waals surface area contributed by atoms with Gasteiger partial charge in [0.2, 0.25) is 11.8 Å². The molecule has 3 rings (SSSR count). The minimum Gasteiger partial charge on any atom is -0.342 e. The fourth-order valence-electron chi connectivity index (χ4n) is 3.23. The number of hydrogen-bond acceptors (Lipinski definition) is 3. The molecule has 1 saturated heterocycles. The molecule has 0 radical (unpaired) electrons. The van der Waals surface area contributed by atoms with Crippen LogP contribution >= 0.6 is 0 Å². The largest absolute Gasteiger partial charge is 0.342 e. The van der Waals surface area contributed by atoms with Gasteiger partial charge in [0.25, 0.3) is 0 Å². The van der Waals surface area contributed by atoms with Gasteiger partial charge in [-0.3, -0.25) is 9.59 Å². The van der Waals surface area contributed by atoms with Gasteiger partial charge in [-0.1, -0.05) is 44.2 Å². The third-order valence-electron chi connectivity index (χ3n) is 4.60. The Morgan fingerprint density at radius 3 is 2.77 bits per heavy atom. The molecule has 1 aliphatic rings. The zero-order valence-electron chi connectivity index (χ0n) is 15.4. The molecule has 1 unspecified atom stereocenters. The maximum Gasteiger partial charge on any atom is 0.230 e. The van der Waals surface area contributed by atoms with Crippen LogP contribution in [0.15, 0.2) is 42.6 Å². The van der Waals surface area contributed by atoms with E-state index in [1.165, 1.54) is 5.56 Å². The minimum absolute atomic E-state index is 0.0526. The van der Waals surface area contributed by atoms with E-state index in [2.05, 4.69) is 36.4 Å². The van der Waals surface area contributed by atoms with Crippen molar-refractivity contribution in [2.45, 2.75) is 33.2 Å². The van der Waals surface area contributed by atoms with Crippen LogP contribution in [0.2, 0.25) is 0 Å². The quantitative estimate of drug-likeness (QED) is 0.831. The summed E-state index contributed by atoms with van der Waals surface area (Å²) in [5.41, 5.74) is 1.20. The van der Waals surface area contributed by atoms with E-state index in [1.54, 1.807) is 21.8 Å². The van der Waals surface area contributed by atoms with Gasteiger partial charge in [0.15, 0.2) is 0 Å². The Labute approximate surface area is 154 Å². The molecule has 26 heavy (non-hydrogen) atoms. The Morgan fingerprint density at radius 1 is 1.27 bits per heavy atom. The zero-order valence-corrected chi connectivity index (χ0v) is 15.4. The first-order valence-electron chi connectivity index (χ1n) is 9.17. The second kappa shape index (κ2) is 8.17. The molecule has 6 nitrogen and oxygen atoms in total. The number of carbonyl (C=O) groups excluding carboxylic acids is 2. The second-order valence-electron chi connectivity index (χ2n) is 7.26. The highest BCUT2D eigenvalue weighted by Crippen LogP contribution is 2.20. The maximum absolute atomic E-state index is 12.6. The van der Waals surface area contributed by atoms with Crippen molar-refractivity contribution in [1.29, 1.82) is 0 Å². The lowest BCUT2D eigenvalue weighted by Gasteiger charge is -2.17. The Balaban J connectivity index is 1.54. The monoisotopic (exact) mass is 354 g/mol. The Morgan fingerprint density at radius 2 is 2.04 bits per heavy atom. The molecular weight excluding hydrogens is 328 g/mol. The van der Waals surface area contributed by atoms with Gasteiger partial charge in [0.05, 0.1) is 12.1 Å². The van der Waals surface area contributed by atoms with E-state index in [-0.39, 0.29) is 24.2 Å². The molecule has 6 heteroatoms. The van der Waals surface area contributed by atoms with Gasteiger partial charge in [-0.25, -0.2) is 4.68 Å². The van der Waals surface area contributed by atoms with E-state index in [4.69, 9.17) is 0 Å². The maximum atomic E-state index is 12.6. The number of amides is 2. The summed E-state index contributed by atoms with van der Waals surface area (Å²) in [6, 6.07) is 11.9. The van der Waals surface area contributed by atoms with Gasteiger partial charge < -0.3 is 10.2 Å². The standard InChI is InChI=1S/C20H26N4O2/c1-15(2)13-24-18(8-10-21-24)22-20(26)17-12-19(25)23(14-17)11-9-16-6-4-3-5-7-16/h3-8,10,15,17H,9,11-14H2,1-2H3,(H,22,26). The van der Waals surface area contributed by atoms with Crippen molar-refractivity contribution in [1.82, 2.24) is 14.7 Å². The van der Waals surface area contributed by atoms with Crippen molar-refractivity contribution < 1.29 is 9.59 Å². The normalized spacial score (nSPS) is 17.1. The molecule has 2 aromatic rings. The summed E-state index contributed by atoms with van der Waals surface area (Å²) in [7, 11) is 0. The van der Waals surface area contributed by atoms with Crippen LogP contribution in [0.1, 0.15) is 25.8 Å². The average Bonchev–Trinajstić information content (AvgIpc) is 3.20. The molecule has 1 atom stereocenters. The number of likely N-dealkylation sites (tertiary alicyclic amines) is 1. The number of aromatic nitrogens is 2. The van der Waals surface area contributed by atoms with Crippen LogP contribution in [0.3, 0.4) is 0 Å². The van der Waals surface area contributed by atoms with Crippen molar-refractivity contribution in [3.05, 3.63) is 48.2 Å². The third-order valence-corrected chi connectivity index (χ3v) is 4.60. The minimum atomic E-state index is -0.305. The molecule has 1 aromatic carbocycles. The molecule has 0 saturated carbocycles. The summed E-state index contributed by atoms with van der Waals surface area (Å²) in [6.07, 6.45) is 2.77. The van der Waals surface area contributed by atoms with Crippen molar-refractivity contribution in [3.63, 3.8) is 0 Å². The van der Waals surface area contributed by atoms with Gasteiger partial charge in [-0.2, -0.15) is 5.10 Å². The number of benzene rings is 1. The lowest BCUT2D eigenvalue weighted by molar-refractivity contribution is -0.128. The second-order valence-corrected chi connectivity index (χ2v) is 7.26. The molecule has 1 N–H and O–H groups in total. The topological polar surface area (TPSA) is 67.2 Å². The van der Waals surface area contributed by atoms with E-state index in [0.717, 1.165) is 13.0 Å². The fourth-order valence-corrected chi connectivity index (χ4v) is 3.23. The summed E-state index contributed by atoms with van der Waals surface area (Å²) in [6.45, 7) is 6.09. The average molecular weight is 354 g/mol. The molecule has 1 aromatic heterocycles. The summed E-state index contributed by atoms with van der Waals surface area (Å²) in [5.74, 6) is 0.773. The Bertz CT molecular complexity index is 754. The zero-order chi connectivity index (χ0) is 18.5. The highest BCUT2D eigenvalue weighted by atomic mass is 16.2. The van der Waals surface area contributed by atoms with Gasteiger partial charge in [-0.15, -0.1) is 0 Å². The van der Waals surface area contributed by atoms with Crippen LogP contribution in [0.4, 0.5) is 5.82 Å². The first kappa shape index (κ1) is 18.2. The Hall–Kier alpha value is -2.63. The smallest absolute Gasteiger partial charge is 0.230 e. The van der Waals surface area contributed by atoms with Crippen molar-refractivity contribution >= 4 is 17.6 Å². The molecule has 2 amide bonds. The first-order valence-corrected chi connectivity index (χ1v) is 9.17. The van der Waals surface area contributed by atoms with Crippen LogP contribution < -0.4 is 5.32 Å². The summed E-state index contributed by atoms with van der Waals surface area (Å²) < 4.78 is 1.80. The van der Waals surface area contributed by atoms with Crippen molar-refractivity contribution in [2.75, 3.05) is 18.4 Å². The molecule has 1 fully saturated rings. The summed E-state index contributed by atoms with van der Waals surface area (Å²) >= 11 is 0. The number of carbonyl (C=O) groups is 2. The van der Waals surface area contributed by atoms with Gasteiger partial charge in [0, 0.05) is 32.1 Å². The van der Waals surface area contributed by atoms with E-state index in [0.29, 0.717) is 24.8 Å². The van der Waals surface area contributed by atoms with E-state index < -0.39 is 0 Å². The van der Waals surface area contributed by atoms with Gasteiger partial charge >= 0.3 is 0 Å². The number of anilines is 1. The fraction of sp³-hybridized carbons (Fsp3) is 0.450. The predicted octanol–water partition coefficient (Wildman–Crippen LogP) is 2.57. The van der Waals surface area contributed by atoms with Crippen LogP contribution in [0.25, 0.3) is 0 Å². The number of nitrogens with one attached hydrogen (secondary N) is 1. The predicted molar refractivity (Wildman–Crippen MR) is 101 cm³/mol. The highest BCUT2D eigenvalue weighted by Gasteiger charge is 2.34. The molecule has 0 bridgehead atoms. The van der Waals surface area contributed by atoms with Crippen LogP contribution in [0, 0.1) is 11.8 Å². The number of hydrogen-bond donors (Lipinski definition) is 1. The lowest BCUT2D eigenvalue weighted by Crippen LogP contribution is -2.30. The molecule has 2 heterocycles. The molecule has 0 spiro atoms. The lowest BCUT2D eigenvalue weighted by atomic mass is 10.1. The van der Waals surface area contributed by atoms with Gasteiger partial charge in [-0.05, 0) is 17.9 Å². The third kappa shape index (κ3) is 4.50. The van der Waals surface area contributed by atoms with Crippen LogP contribution in [-0.2, 0) is 22.6 Å². The molecule has 0 aliphatic carbocycles. The highest BCUT2D eigenvalue weighted by molar-refractivity contribution is 5.96. The van der Waals surface area contributed by atoms with Crippen LogP contribution in [-0.4, -0.2) is 39.6 Å². The molecular formula is C20H26N4O2. The van der Waals surface area contributed by atoms with E-state index in [9.17, 15) is 9.59 Å².